The second kappa shape index (κ2) is 7.61. The highest BCUT2D eigenvalue weighted by atomic mass is 35.5. The van der Waals surface area contributed by atoms with Gasteiger partial charge in [-0.2, -0.15) is 5.26 Å². The maximum atomic E-state index is 12.5. The first-order chi connectivity index (χ1) is 12.8. The number of nitrogens with one attached hydrogen (secondary N) is 1. The van der Waals surface area contributed by atoms with Gasteiger partial charge in [0.2, 0.25) is 5.76 Å². The number of carbonyl (C=O) groups excluding carboxylic acids is 2. The number of nitrogens with zero attached hydrogens (tertiary/aromatic N) is 1. The third-order valence-corrected chi connectivity index (χ3v) is 5.26. The highest BCUT2D eigenvalue weighted by Gasteiger charge is 2.35. The molecule has 1 atom stereocenters. The second-order valence-corrected chi connectivity index (χ2v) is 7.42. The first kappa shape index (κ1) is 19.2. The fourth-order valence-corrected chi connectivity index (χ4v) is 3.59. The van der Waals surface area contributed by atoms with Crippen LogP contribution in [0, 0.1) is 18.3 Å². The van der Waals surface area contributed by atoms with Crippen LogP contribution in [0.15, 0.2) is 22.6 Å². The molecule has 7 heteroatoms. The van der Waals surface area contributed by atoms with Gasteiger partial charge in [0, 0.05) is 16.0 Å². The summed E-state index contributed by atoms with van der Waals surface area (Å²) in [6, 6.07) is 7.28. The van der Waals surface area contributed by atoms with Crippen LogP contribution in [0.3, 0.4) is 0 Å². The number of ether oxygens (including phenoxy) is 1. The topological polar surface area (TPSA) is 92.3 Å². The van der Waals surface area contributed by atoms with Gasteiger partial charge in [-0.25, -0.2) is 4.79 Å². The number of aryl methyl sites for hydroxylation is 1. The molecule has 1 amide bonds. The van der Waals surface area contributed by atoms with Gasteiger partial charge < -0.3 is 14.5 Å². The Hall–Kier alpha value is -2.52. The summed E-state index contributed by atoms with van der Waals surface area (Å²) in [5, 5.41) is 13.5. The molecule has 1 saturated carbocycles. The Balaban J connectivity index is 1.71. The molecule has 0 bridgehead atoms. The van der Waals surface area contributed by atoms with Gasteiger partial charge in [0.15, 0.2) is 6.10 Å². The van der Waals surface area contributed by atoms with E-state index >= 15 is 0 Å². The van der Waals surface area contributed by atoms with E-state index in [0.29, 0.717) is 29.0 Å². The molecular formula is C20H21ClN2O4. The summed E-state index contributed by atoms with van der Waals surface area (Å²) in [5.41, 5.74) is 0.250. The highest BCUT2D eigenvalue weighted by Crippen LogP contribution is 2.29. The number of hydrogen-bond acceptors (Lipinski definition) is 5. The molecule has 1 aromatic heterocycles. The van der Waals surface area contributed by atoms with Gasteiger partial charge in [-0.1, -0.05) is 30.9 Å². The van der Waals surface area contributed by atoms with E-state index in [4.69, 9.17) is 20.8 Å². The lowest BCUT2D eigenvalue weighted by Gasteiger charge is -2.32. The van der Waals surface area contributed by atoms with Gasteiger partial charge in [0.25, 0.3) is 5.91 Å². The lowest BCUT2D eigenvalue weighted by Crippen LogP contribution is -2.52. The molecule has 2 aromatic rings. The van der Waals surface area contributed by atoms with Crippen molar-refractivity contribution in [3.63, 3.8) is 0 Å². The zero-order chi connectivity index (χ0) is 19.6. The van der Waals surface area contributed by atoms with Crippen LogP contribution in [0.4, 0.5) is 0 Å². The highest BCUT2D eigenvalue weighted by molar-refractivity contribution is 6.31. The summed E-state index contributed by atoms with van der Waals surface area (Å²) in [5.74, 6) is -1.17. The van der Waals surface area contributed by atoms with Crippen LogP contribution in [0.25, 0.3) is 11.0 Å². The predicted octanol–water partition coefficient (Wildman–Crippen LogP) is 4.28. The van der Waals surface area contributed by atoms with Gasteiger partial charge in [-0.05, 0) is 44.9 Å². The fraction of sp³-hybridized carbons (Fsp3) is 0.450. The molecule has 27 heavy (non-hydrogen) atoms. The van der Waals surface area contributed by atoms with Gasteiger partial charge in [0.1, 0.15) is 11.1 Å². The number of furan rings is 1. The Labute approximate surface area is 162 Å². The summed E-state index contributed by atoms with van der Waals surface area (Å²) in [6.45, 7) is 3.21. The normalized spacial score (nSPS) is 17.1. The largest absolute Gasteiger partial charge is 0.449 e. The predicted molar refractivity (Wildman–Crippen MR) is 100 cm³/mol. The molecule has 0 unspecified atom stereocenters. The fourth-order valence-electron chi connectivity index (χ4n) is 3.41. The Kier molecular flexibility index (Phi) is 5.43. The molecule has 0 spiro atoms. The molecule has 1 fully saturated rings. The summed E-state index contributed by atoms with van der Waals surface area (Å²) in [6.07, 6.45) is 3.02. The van der Waals surface area contributed by atoms with Crippen LogP contribution >= 0.6 is 11.6 Å². The number of nitriles is 1. The van der Waals surface area contributed by atoms with E-state index in [1.54, 1.807) is 25.1 Å². The van der Waals surface area contributed by atoms with E-state index < -0.39 is 23.5 Å². The molecule has 0 radical (unpaired) electrons. The minimum atomic E-state index is -1.04. The minimum absolute atomic E-state index is 0.0413. The third kappa shape index (κ3) is 3.93. The zero-order valence-corrected chi connectivity index (χ0v) is 16.1. The second-order valence-electron chi connectivity index (χ2n) is 6.99. The smallest absolute Gasteiger partial charge is 0.375 e. The van der Waals surface area contributed by atoms with Crippen molar-refractivity contribution in [1.82, 2.24) is 5.32 Å². The van der Waals surface area contributed by atoms with Crippen LogP contribution in [0.5, 0.6) is 0 Å². The van der Waals surface area contributed by atoms with Gasteiger partial charge in [-0.15, -0.1) is 0 Å². The van der Waals surface area contributed by atoms with E-state index in [1.807, 2.05) is 0 Å². The van der Waals surface area contributed by atoms with Gasteiger partial charge >= 0.3 is 5.97 Å². The first-order valence-corrected chi connectivity index (χ1v) is 9.36. The van der Waals surface area contributed by atoms with Crippen LogP contribution < -0.4 is 5.32 Å². The summed E-state index contributed by atoms with van der Waals surface area (Å²) in [7, 11) is 0. The number of fused-ring (bicyclic) bond motifs is 1. The Morgan fingerprint density at radius 3 is 2.70 bits per heavy atom. The molecule has 1 aromatic carbocycles. The zero-order valence-electron chi connectivity index (χ0n) is 15.3. The molecule has 142 valence electrons. The van der Waals surface area contributed by atoms with E-state index in [1.165, 1.54) is 6.92 Å². The summed E-state index contributed by atoms with van der Waals surface area (Å²) >= 11 is 5.99. The van der Waals surface area contributed by atoms with Crippen LogP contribution in [-0.4, -0.2) is 23.5 Å². The Morgan fingerprint density at radius 1 is 1.33 bits per heavy atom. The van der Waals surface area contributed by atoms with Crippen molar-refractivity contribution in [3.05, 3.63) is 34.5 Å². The van der Waals surface area contributed by atoms with E-state index in [9.17, 15) is 14.9 Å². The average Bonchev–Trinajstić information content (AvgIpc) is 2.98. The monoisotopic (exact) mass is 388 g/mol. The van der Waals surface area contributed by atoms with Crippen LogP contribution in [0.1, 0.15) is 55.1 Å². The Morgan fingerprint density at radius 2 is 2.04 bits per heavy atom. The first-order valence-electron chi connectivity index (χ1n) is 8.98. The summed E-state index contributed by atoms with van der Waals surface area (Å²) < 4.78 is 10.9. The SMILES string of the molecule is Cc1c(C(=O)O[C@@H](C)C(=O)NC2(C#N)CCCCC2)oc2ccc(Cl)cc12. The molecule has 1 aliphatic carbocycles. The molecule has 6 nitrogen and oxygen atoms in total. The number of rotatable bonds is 4. The van der Waals surface area contributed by atoms with Crippen molar-refractivity contribution in [2.24, 2.45) is 0 Å². The molecule has 0 saturated heterocycles. The van der Waals surface area contributed by atoms with Crippen LogP contribution in [-0.2, 0) is 9.53 Å². The number of carbonyl (C=O) groups is 2. The number of esters is 1. The Bertz CT molecular complexity index is 922. The van der Waals surface area contributed by atoms with E-state index in [2.05, 4.69) is 11.4 Å². The van der Waals surface area contributed by atoms with Crippen molar-refractivity contribution >= 4 is 34.4 Å². The maximum Gasteiger partial charge on any atom is 0.375 e. The van der Waals surface area contributed by atoms with Gasteiger partial charge in [-0.3, -0.25) is 4.79 Å². The van der Waals surface area contributed by atoms with Crippen molar-refractivity contribution in [1.29, 1.82) is 5.26 Å². The van der Waals surface area contributed by atoms with Crippen molar-refractivity contribution in [2.45, 2.75) is 57.6 Å². The number of hydrogen-bond donors (Lipinski definition) is 1. The maximum absolute atomic E-state index is 12.5. The quantitative estimate of drug-likeness (QED) is 0.789. The lowest BCUT2D eigenvalue weighted by atomic mass is 9.83. The number of benzene rings is 1. The number of amides is 1. The lowest BCUT2D eigenvalue weighted by molar-refractivity contribution is -0.130. The molecule has 1 heterocycles. The molecule has 1 N–H and O–H groups in total. The van der Waals surface area contributed by atoms with Crippen molar-refractivity contribution in [2.75, 3.05) is 0 Å². The number of halogens is 1. The van der Waals surface area contributed by atoms with Crippen molar-refractivity contribution in [3.8, 4) is 6.07 Å². The average molecular weight is 389 g/mol. The molecule has 3 rings (SSSR count). The van der Waals surface area contributed by atoms with E-state index in [-0.39, 0.29) is 5.76 Å². The molecule has 0 aliphatic heterocycles. The van der Waals surface area contributed by atoms with Gasteiger partial charge in [0.05, 0.1) is 6.07 Å². The third-order valence-electron chi connectivity index (χ3n) is 5.02. The van der Waals surface area contributed by atoms with Crippen molar-refractivity contribution < 1.29 is 18.7 Å². The molecular weight excluding hydrogens is 368 g/mol. The van der Waals surface area contributed by atoms with Crippen LogP contribution in [0.2, 0.25) is 5.02 Å². The summed E-state index contributed by atoms with van der Waals surface area (Å²) in [4.78, 5) is 24.9. The molecule has 1 aliphatic rings. The standard InChI is InChI=1S/C20H21ClN2O4/c1-12-15-10-14(21)6-7-16(15)27-17(12)19(25)26-13(2)18(24)23-20(11-22)8-4-3-5-9-20/h6-7,10,13H,3-5,8-9H2,1-2H3,(H,23,24)/t13-/m0/s1. The van der Waals surface area contributed by atoms with E-state index in [0.717, 1.165) is 24.6 Å². The minimum Gasteiger partial charge on any atom is -0.449 e.